The molecule has 0 spiro atoms. The van der Waals surface area contributed by atoms with Crippen LogP contribution in [0.2, 0.25) is 0 Å². The minimum atomic E-state index is -0.258. The highest BCUT2D eigenvalue weighted by atomic mass is 16.3. The van der Waals surface area contributed by atoms with Crippen molar-refractivity contribution in [3.8, 4) is 0 Å². The summed E-state index contributed by atoms with van der Waals surface area (Å²) in [6, 6.07) is 1.87. The Morgan fingerprint density at radius 2 is 2.36 bits per heavy atom. The molecule has 22 heavy (non-hydrogen) atoms. The van der Waals surface area contributed by atoms with E-state index in [2.05, 4.69) is 37.3 Å². The molecule has 2 aromatic heterocycles. The minimum absolute atomic E-state index is 0.258. The number of anilines is 2. The van der Waals surface area contributed by atoms with Crippen LogP contribution in [0.3, 0.4) is 0 Å². The summed E-state index contributed by atoms with van der Waals surface area (Å²) in [5.74, 6) is 2.40. The summed E-state index contributed by atoms with van der Waals surface area (Å²) in [4.78, 5) is 10.8. The second-order valence-electron chi connectivity index (χ2n) is 5.34. The molecule has 0 amide bonds. The number of aromatic nitrogens is 5. The third-order valence-corrected chi connectivity index (χ3v) is 3.80. The average molecular weight is 303 g/mol. The smallest absolute Gasteiger partial charge is 0.224 e. The number of aryl methyl sites for hydroxylation is 1. The number of rotatable bonds is 6. The van der Waals surface area contributed by atoms with Gasteiger partial charge in [-0.1, -0.05) is 0 Å². The van der Waals surface area contributed by atoms with Crippen LogP contribution in [-0.2, 0) is 13.0 Å². The van der Waals surface area contributed by atoms with Gasteiger partial charge in [-0.25, -0.2) is 4.98 Å². The Morgan fingerprint density at radius 1 is 1.45 bits per heavy atom. The lowest BCUT2D eigenvalue weighted by Crippen LogP contribution is -2.22. The Bertz CT molecular complexity index is 615. The van der Waals surface area contributed by atoms with Gasteiger partial charge in [0.2, 0.25) is 5.95 Å². The number of aliphatic hydroxyl groups excluding tert-OH is 1. The number of nitrogens with zero attached hydrogens (tertiary/aromatic N) is 6. The Labute approximate surface area is 129 Å². The molecule has 1 unspecified atom stereocenters. The van der Waals surface area contributed by atoms with E-state index in [0.717, 1.165) is 37.6 Å². The van der Waals surface area contributed by atoms with Crippen molar-refractivity contribution >= 4 is 11.8 Å². The third-order valence-electron chi connectivity index (χ3n) is 3.80. The third kappa shape index (κ3) is 3.33. The van der Waals surface area contributed by atoms with Crippen LogP contribution < -0.4 is 10.2 Å². The van der Waals surface area contributed by atoms with Crippen molar-refractivity contribution in [3.05, 3.63) is 24.4 Å². The van der Waals surface area contributed by atoms with Gasteiger partial charge in [-0.05, 0) is 19.4 Å². The van der Waals surface area contributed by atoms with Crippen LogP contribution in [0.1, 0.15) is 19.2 Å². The standard InChI is InChI=1S/C14H21N7O/c1-2-20-10-17-19-13(20)4-7-16-14-15-6-3-12(18-14)21-8-5-11(22)9-21/h3,6,10-11,22H,2,4-5,7-9H2,1H3,(H,15,16,18). The fourth-order valence-corrected chi connectivity index (χ4v) is 2.58. The van der Waals surface area contributed by atoms with E-state index in [1.54, 1.807) is 12.5 Å². The first kappa shape index (κ1) is 14.7. The van der Waals surface area contributed by atoms with Crippen LogP contribution in [0.5, 0.6) is 0 Å². The average Bonchev–Trinajstić information content (AvgIpc) is 3.16. The molecule has 0 bridgehead atoms. The fraction of sp³-hybridized carbons (Fsp3) is 0.571. The molecule has 3 rings (SSSR count). The highest BCUT2D eigenvalue weighted by molar-refractivity contribution is 5.43. The SMILES string of the molecule is CCn1cnnc1CCNc1nccc(N2CCC(O)C2)n1. The topological polar surface area (TPSA) is 92.0 Å². The zero-order valence-electron chi connectivity index (χ0n) is 12.7. The van der Waals surface area contributed by atoms with Gasteiger partial charge in [-0.2, -0.15) is 4.98 Å². The quantitative estimate of drug-likeness (QED) is 0.793. The van der Waals surface area contributed by atoms with Crippen molar-refractivity contribution in [2.45, 2.75) is 32.4 Å². The highest BCUT2D eigenvalue weighted by Crippen LogP contribution is 2.18. The van der Waals surface area contributed by atoms with E-state index in [0.29, 0.717) is 19.0 Å². The molecule has 8 nitrogen and oxygen atoms in total. The first-order chi connectivity index (χ1) is 10.8. The van der Waals surface area contributed by atoms with Crippen molar-refractivity contribution in [3.63, 3.8) is 0 Å². The van der Waals surface area contributed by atoms with Gasteiger partial charge in [0.05, 0.1) is 6.10 Å². The molecule has 1 aliphatic heterocycles. The molecule has 8 heteroatoms. The van der Waals surface area contributed by atoms with E-state index in [1.165, 1.54) is 0 Å². The number of hydrogen-bond donors (Lipinski definition) is 2. The van der Waals surface area contributed by atoms with E-state index in [4.69, 9.17) is 0 Å². The second kappa shape index (κ2) is 6.69. The molecule has 1 saturated heterocycles. The van der Waals surface area contributed by atoms with Gasteiger partial charge in [0.1, 0.15) is 18.0 Å². The van der Waals surface area contributed by atoms with Crippen LogP contribution in [-0.4, -0.2) is 55.6 Å². The summed E-state index contributed by atoms with van der Waals surface area (Å²) < 4.78 is 2.02. The summed E-state index contributed by atoms with van der Waals surface area (Å²) in [5, 5.41) is 20.8. The molecule has 2 N–H and O–H groups in total. The first-order valence-corrected chi connectivity index (χ1v) is 7.63. The lowest BCUT2D eigenvalue weighted by atomic mass is 10.3. The van der Waals surface area contributed by atoms with Gasteiger partial charge in [0.15, 0.2) is 0 Å². The number of aliphatic hydroxyl groups is 1. The summed E-state index contributed by atoms with van der Waals surface area (Å²) >= 11 is 0. The molecule has 1 fully saturated rings. The van der Waals surface area contributed by atoms with E-state index >= 15 is 0 Å². The predicted molar refractivity (Wildman–Crippen MR) is 82.8 cm³/mol. The minimum Gasteiger partial charge on any atom is -0.391 e. The molecular weight excluding hydrogens is 282 g/mol. The summed E-state index contributed by atoms with van der Waals surface area (Å²) in [6.07, 6.45) is 4.78. The van der Waals surface area contributed by atoms with Crippen molar-refractivity contribution in [2.24, 2.45) is 0 Å². The van der Waals surface area contributed by atoms with E-state index in [1.807, 2.05) is 10.6 Å². The molecule has 0 saturated carbocycles. The van der Waals surface area contributed by atoms with Crippen molar-refractivity contribution in [1.82, 2.24) is 24.7 Å². The maximum Gasteiger partial charge on any atom is 0.224 e. The molecule has 1 aliphatic rings. The Balaban J connectivity index is 1.56. The van der Waals surface area contributed by atoms with E-state index < -0.39 is 0 Å². The number of β-amino-alcohol motifs (C(OH)–C–C–N with tert-alkyl or cyclic N) is 1. The maximum atomic E-state index is 9.61. The van der Waals surface area contributed by atoms with Crippen LogP contribution in [0.25, 0.3) is 0 Å². The van der Waals surface area contributed by atoms with Gasteiger partial charge < -0.3 is 19.9 Å². The monoisotopic (exact) mass is 303 g/mol. The summed E-state index contributed by atoms with van der Waals surface area (Å²) in [5.41, 5.74) is 0. The number of nitrogens with one attached hydrogen (secondary N) is 1. The maximum absolute atomic E-state index is 9.61. The molecule has 2 aromatic rings. The van der Waals surface area contributed by atoms with Gasteiger partial charge in [0, 0.05) is 38.8 Å². The lowest BCUT2D eigenvalue weighted by Gasteiger charge is -2.17. The lowest BCUT2D eigenvalue weighted by molar-refractivity contribution is 0.198. The Hall–Kier alpha value is -2.22. The van der Waals surface area contributed by atoms with E-state index in [-0.39, 0.29) is 6.10 Å². The summed E-state index contributed by atoms with van der Waals surface area (Å²) in [6.45, 7) is 5.10. The largest absolute Gasteiger partial charge is 0.391 e. The highest BCUT2D eigenvalue weighted by Gasteiger charge is 2.21. The molecular formula is C14H21N7O. The normalized spacial score (nSPS) is 17.9. The van der Waals surface area contributed by atoms with Crippen molar-refractivity contribution in [2.75, 3.05) is 29.9 Å². The molecule has 0 aromatic carbocycles. The van der Waals surface area contributed by atoms with Crippen molar-refractivity contribution < 1.29 is 5.11 Å². The van der Waals surface area contributed by atoms with E-state index in [9.17, 15) is 5.11 Å². The number of hydrogen-bond acceptors (Lipinski definition) is 7. The fourth-order valence-electron chi connectivity index (χ4n) is 2.58. The van der Waals surface area contributed by atoms with Gasteiger partial charge >= 0.3 is 0 Å². The molecule has 3 heterocycles. The Kier molecular flexibility index (Phi) is 4.47. The second-order valence-corrected chi connectivity index (χ2v) is 5.34. The zero-order valence-corrected chi connectivity index (χ0v) is 12.7. The van der Waals surface area contributed by atoms with Gasteiger partial charge in [0.25, 0.3) is 0 Å². The van der Waals surface area contributed by atoms with Crippen LogP contribution >= 0.6 is 0 Å². The van der Waals surface area contributed by atoms with Crippen LogP contribution in [0.15, 0.2) is 18.6 Å². The Morgan fingerprint density at radius 3 is 3.14 bits per heavy atom. The molecule has 1 atom stereocenters. The van der Waals surface area contributed by atoms with Crippen LogP contribution in [0, 0.1) is 0 Å². The molecule has 0 aliphatic carbocycles. The van der Waals surface area contributed by atoms with Crippen molar-refractivity contribution in [1.29, 1.82) is 0 Å². The zero-order chi connectivity index (χ0) is 15.4. The summed E-state index contributed by atoms with van der Waals surface area (Å²) in [7, 11) is 0. The predicted octanol–water partition coefficient (Wildman–Crippen LogP) is 0.314. The van der Waals surface area contributed by atoms with Gasteiger partial charge in [-0.15, -0.1) is 10.2 Å². The first-order valence-electron chi connectivity index (χ1n) is 7.63. The molecule has 0 radical (unpaired) electrons. The molecule has 118 valence electrons. The van der Waals surface area contributed by atoms with Gasteiger partial charge in [-0.3, -0.25) is 0 Å². The van der Waals surface area contributed by atoms with Crippen LogP contribution in [0.4, 0.5) is 11.8 Å².